The Morgan fingerprint density at radius 2 is 2.10 bits per heavy atom. The van der Waals surface area contributed by atoms with E-state index in [4.69, 9.17) is 0 Å². The highest BCUT2D eigenvalue weighted by atomic mass is 32.2. The second kappa shape index (κ2) is 8.09. The molecule has 0 aromatic carbocycles. The van der Waals surface area contributed by atoms with E-state index in [-0.39, 0.29) is 17.6 Å². The van der Waals surface area contributed by atoms with Gasteiger partial charge in [0.1, 0.15) is 6.04 Å². The third kappa shape index (κ3) is 6.68. The van der Waals surface area contributed by atoms with Crippen LogP contribution >= 0.6 is 0 Å². The minimum atomic E-state index is -3.42. The van der Waals surface area contributed by atoms with Crippen molar-refractivity contribution in [1.82, 2.24) is 15.0 Å². The van der Waals surface area contributed by atoms with E-state index >= 15 is 0 Å². The Bertz CT molecular complexity index is 544. The number of hydrogen-bond donors (Lipinski definition) is 2. The van der Waals surface area contributed by atoms with Gasteiger partial charge in [-0.15, -0.1) is 0 Å². The third-order valence-corrected chi connectivity index (χ3v) is 4.32. The highest BCUT2D eigenvalue weighted by Crippen LogP contribution is 2.07. The van der Waals surface area contributed by atoms with E-state index in [1.165, 1.54) is 0 Å². The Hall–Kier alpha value is -1.47. The van der Waals surface area contributed by atoms with Crippen LogP contribution in [0.15, 0.2) is 24.5 Å². The Morgan fingerprint density at radius 3 is 2.62 bits per heavy atom. The minimum absolute atomic E-state index is 0.0442. The van der Waals surface area contributed by atoms with Gasteiger partial charge in [0.2, 0.25) is 15.9 Å². The summed E-state index contributed by atoms with van der Waals surface area (Å²) in [5.41, 5.74) is 0.868. The van der Waals surface area contributed by atoms with Crippen molar-refractivity contribution in [2.24, 2.45) is 5.92 Å². The summed E-state index contributed by atoms with van der Waals surface area (Å²) in [6.07, 6.45) is 3.77. The minimum Gasteiger partial charge on any atom is -0.351 e. The van der Waals surface area contributed by atoms with E-state index in [9.17, 15) is 13.2 Å². The van der Waals surface area contributed by atoms with Crippen molar-refractivity contribution in [3.63, 3.8) is 0 Å². The van der Waals surface area contributed by atoms with E-state index in [0.29, 0.717) is 13.0 Å². The summed E-state index contributed by atoms with van der Waals surface area (Å²) >= 11 is 0. The average molecular weight is 313 g/mol. The Morgan fingerprint density at radius 1 is 1.38 bits per heavy atom. The highest BCUT2D eigenvalue weighted by Gasteiger charge is 2.24. The van der Waals surface area contributed by atoms with Crippen molar-refractivity contribution >= 4 is 15.9 Å². The molecule has 1 rings (SSSR count). The van der Waals surface area contributed by atoms with E-state index in [0.717, 1.165) is 5.56 Å². The summed E-state index contributed by atoms with van der Waals surface area (Å²) in [5, 5.41) is 2.75. The molecule has 0 aliphatic carbocycles. The number of carbonyl (C=O) groups is 1. The second-order valence-electron chi connectivity index (χ2n) is 5.28. The lowest BCUT2D eigenvalue weighted by Crippen LogP contribution is -2.47. The molecule has 118 valence electrons. The summed E-state index contributed by atoms with van der Waals surface area (Å²) in [6, 6.07) is 2.89. The molecule has 0 aliphatic rings. The molecule has 1 heterocycles. The largest absolute Gasteiger partial charge is 0.351 e. The van der Waals surface area contributed by atoms with Crippen LogP contribution in [0, 0.1) is 5.92 Å². The smallest absolute Gasteiger partial charge is 0.238 e. The molecule has 2 N–H and O–H groups in total. The molecule has 7 heteroatoms. The molecule has 0 saturated heterocycles. The molecule has 1 amide bonds. The van der Waals surface area contributed by atoms with Crippen molar-refractivity contribution in [1.29, 1.82) is 0 Å². The van der Waals surface area contributed by atoms with Crippen LogP contribution in [0.4, 0.5) is 0 Å². The fourth-order valence-electron chi connectivity index (χ4n) is 1.80. The molecule has 0 aliphatic heterocycles. The van der Waals surface area contributed by atoms with Gasteiger partial charge in [-0.25, -0.2) is 13.1 Å². The van der Waals surface area contributed by atoms with Crippen LogP contribution < -0.4 is 10.0 Å². The van der Waals surface area contributed by atoms with Crippen molar-refractivity contribution in [2.45, 2.75) is 39.8 Å². The Labute approximate surface area is 126 Å². The van der Waals surface area contributed by atoms with Gasteiger partial charge in [-0.05, 0) is 30.9 Å². The van der Waals surface area contributed by atoms with Crippen LogP contribution in [0.25, 0.3) is 0 Å². The first kappa shape index (κ1) is 17.6. The topological polar surface area (TPSA) is 88.2 Å². The summed E-state index contributed by atoms with van der Waals surface area (Å²) in [6.45, 7) is 5.76. The van der Waals surface area contributed by atoms with E-state index in [1.54, 1.807) is 25.4 Å². The molecule has 0 bridgehead atoms. The van der Waals surface area contributed by atoms with Crippen LogP contribution in [-0.2, 0) is 21.4 Å². The van der Waals surface area contributed by atoms with Crippen molar-refractivity contribution in [3.8, 4) is 0 Å². The fourth-order valence-corrected chi connectivity index (χ4v) is 2.60. The van der Waals surface area contributed by atoms with Gasteiger partial charge in [0, 0.05) is 18.9 Å². The standard InChI is InChI=1S/C14H23N3O3S/c1-4-21(19,20)17-13(8-11(2)3)14(18)16-10-12-6-5-7-15-9-12/h5-7,9,11,13,17H,4,8,10H2,1-3H3,(H,16,18)/t13-/m0/s1. The normalized spacial score (nSPS) is 13.1. The van der Waals surface area contributed by atoms with Gasteiger partial charge in [0.25, 0.3) is 0 Å². The molecule has 1 aromatic rings. The van der Waals surface area contributed by atoms with Gasteiger partial charge in [0.15, 0.2) is 0 Å². The number of nitrogens with zero attached hydrogens (tertiary/aromatic N) is 1. The zero-order valence-corrected chi connectivity index (χ0v) is 13.5. The van der Waals surface area contributed by atoms with Gasteiger partial charge in [-0.3, -0.25) is 9.78 Å². The lowest BCUT2D eigenvalue weighted by atomic mass is 10.0. The molecule has 1 atom stereocenters. The monoisotopic (exact) mass is 313 g/mol. The van der Waals surface area contributed by atoms with E-state index in [1.807, 2.05) is 19.9 Å². The molecule has 0 fully saturated rings. The van der Waals surface area contributed by atoms with Crippen LogP contribution in [0.1, 0.15) is 32.8 Å². The molecule has 0 unspecified atom stereocenters. The summed E-state index contributed by atoms with van der Waals surface area (Å²) in [4.78, 5) is 16.2. The van der Waals surface area contributed by atoms with Crippen molar-refractivity contribution < 1.29 is 13.2 Å². The number of sulfonamides is 1. The zero-order chi connectivity index (χ0) is 15.9. The van der Waals surface area contributed by atoms with Gasteiger partial charge >= 0.3 is 0 Å². The summed E-state index contributed by atoms with van der Waals surface area (Å²) in [7, 11) is -3.42. The highest BCUT2D eigenvalue weighted by molar-refractivity contribution is 7.89. The van der Waals surface area contributed by atoms with Gasteiger partial charge in [0.05, 0.1) is 5.75 Å². The number of pyridine rings is 1. The quantitative estimate of drug-likeness (QED) is 0.751. The van der Waals surface area contributed by atoms with Crippen molar-refractivity contribution in [3.05, 3.63) is 30.1 Å². The molecule has 0 saturated carbocycles. The first-order chi connectivity index (χ1) is 9.84. The van der Waals surface area contributed by atoms with Crippen LogP contribution in [0.5, 0.6) is 0 Å². The average Bonchev–Trinajstić information content (AvgIpc) is 2.44. The molecule has 1 aromatic heterocycles. The maximum atomic E-state index is 12.2. The summed E-state index contributed by atoms with van der Waals surface area (Å²) in [5.74, 6) is -0.152. The predicted molar refractivity (Wildman–Crippen MR) is 81.9 cm³/mol. The van der Waals surface area contributed by atoms with Crippen LogP contribution in [0.3, 0.4) is 0 Å². The van der Waals surface area contributed by atoms with Crippen molar-refractivity contribution in [2.75, 3.05) is 5.75 Å². The molecular formula is C14H23N3O3S. The molecule has 0 radical (unpaired) electrons. The predicted octanol–water partition coefficient (Wildman–Crippen LogP) is 1.05. The molecule has 6 nitrogen and oxygen atoms in total. The molecule has 21 heavy (non-hydrogen) atoms. The van der Waals surface area contributed by atoms with Gasteiger partial charge in [-0.1, -0.05) is 19.9 Å². The number of carbonyl (C=O) groups excluding carboxylic acids is 1. The van der Waals surface area contributed by atoms with Gasteiger partial charge < -0.3 is 5.32 Å². The Balaban J connectivity index is 2.67. The number of aromatic nitrogens is 1. The fraction of sp³-hybridized carbons (Fsp3) is 0.571. The lowest BCUT2D eigenvalue weighted by molar-refractivity contribution is -0.123. The number of amides is 1. The van der Waals surface area contributed by atoms with E-state index < -0.39 is 16.1 Å². The summed E-state index contributed by atoms with van der Waals surface area (Å²) < 4.78 is 25.8. The first-order valence-electron chi connectivity index (χ1n) is 7.00. The SMILES string of the molecule is CCS(=O)(=O)N[C@@H](CC(C)C)C(=O)NCc1cccnc1. The van der Waals surface area contributed by atoms with Crippen LogP contribution in [0.2, 0.25) is 0 Å². The molecular weight excluding hydrogens is 290 g/mol. The number of rotatable bonds is 8. The number of hydrogen-bond acceptors (Lipinski definition) is 4. The molecule has 0 spiro atoms. The van der Waals surface area contributed by atoms with Gasteiger partial charge in [-0.2, -0.15) is 0 Å². The lowest BCUT2D eigenvalue weighted by Gasteiger charge is -2.19. The Kier molecular flexibility index (Phi) is 6.77. The third-order valence-electron chi connectivity index (χ3n) is 2.91. The maximum absolute atomic E-state index is 12.2. The zero-order valence-electron chi connectivity index (χ0n) is 12.7. The first-order valence-corrected chi connectivity index (χ1v) is 8.66. The van der Waals surface area contributed by atoms with Crippen LogP contribution in [-0.4, -0.2) is 31.1 Å². The maximum Gasteiger partial charge on any atom is 0.238 e. The number of nitrogens with one attached hydrogen (secondary N) is 2. The second-order valence-corrected chi connectivity index (χ2v) is 7.33. The van der Waals surface area contributed by atoms with E-state index in [2.05, 4.69) is 15.0 Å².